The lowest BCUT2D eigenvalue weighted by Gasteiger charge is -2.31. The minimum atomic E-state index is 0.120. The van der Waals surface area contributed by atoms with E-state index in [9.17, 15) is 4.79 Å². The Morgan fingerprint density at radius 1 is 0.970 bits per heavy atom. The molecular formula is C26H23ClN2O4. The Morgan fingerprint density at radius 2 is 1.64 bits per heavy atom. The quantitative estimate of drug-likeness (QED) is 0.346. The lowest BCUT2D eigenvalue weighted by molar-refractivity contribution is -0.130. The average Bonchev–Trinajstić information content (AvgIpc) is 3.25. The number of halogens is 1. The molecule has 1 saturated heterocycles. The average molecular weight is 463 g/mol. The summed E-state index contributed by atoms with van der Waals surface area (Å²) < 4.78 is 18.0. The second-order valence-electron chi connectivity index (χ2n) is 8.05. The van der Waals surface area contributed by atoms with Gasteiger partial charge < -0.3 is 18.8 Å². The van der Waals surface area contributed by atoms with Crippen molar-refractivity contribution in [3.63, 3.8) is 0 Å². The summed E-state index contributed by atoms with van der Waals surface area (Å²) >= 11 is 5.93. The second kappa shape index (κ2) is 9.16. The summed E-state index contributed by atoms with van der Waals surface area (Å²) in [5.74, 6) is 2.82. The van der Waals surface area contributed by atoms with Crippen molar-refractivity contribution in [2.24, 2.45) is 0 Å². The molecule has 0 N–H and O–H groups in total. The van der Waals surface area contributed by atoms with Crippen molar-refractivity contribution < 1.29 is 18.7 Å². The number of ether oxygens (including phenoxy) is 2. The minimum absolute atomic E-state index is 0.120. The molecule has 0 unspecified atom stereocenters. The van der Waals surface area contributed by atoms with Crippen LogP contribution in [0.1, 0.15) is 19.8 Å². The molecule has 4 aromatic rings. The Balaban J connectivity index is 1.26. The molecule has 33 heavy (non-hydrogen) atoms. The number of carbonyl (C=O) groups is 1. The van der Waals surface area contributed by atoms with Crippen molar-refractivity contribution in [3.05, 3.63) is 71.8 Å². The number of piperidine rings is 1. The maximum atomic E-state index is 11.5. The van der Waals surface area contributed by atoms with Crippen molar-refractivity contribution >= 4 is 28.6 Å². The standard InChI is InChI=1S/C26H23ClN2O4/c1-17(30)29-14-12-22(13-15-29)31-20-6-2-18(3-7-20)26-28-24-11-10-23(16-25(24)33-26)32-21-8-4-19(27)5-9-21/h2-11,16,22H,12-15H2,1H3. The minimum Gasteiger partial charge on any atom is -0.490 e. The van der Waals surface area contributed by atoms with Crippen molar-refractivity contribution in [1.29, 1.82) is 0 Å². The lowest BCUT2D eigenvalue weighted by Crippen LogP contribution is -2.40. The molecule has 0 saturated carbocycles. The van der Waals surface area contributed by atoms with Gasteiger partial charge in [0.1, 0.15) is 28.9 Å². The molecule has 1 aliphatic heterocycles. The van der Waals surface area contributed by atoms with Crippen LogP contribution < -0.4 is 9.47 Å². The van der Waals surface area contributed by atoms with E-state index >= 15 is 0 Å². The second-order valence-corrected chi connectivity index (χ2v) is 8.49. The SMILES string of the molecule is CC(=O)N1CCC(Oc2ccc(-c3nc4ccc(Oc5ccc(Cl)cc5)cc4o3)cc2)CC1. The van der Waals surface area contributed by atoms with E-state index in [0.717, 1.165) is 42.8 Å². The molecule has 1 aromatic heterocycles. The molecule has 6 nitrogen and oxygen atoms in total. The van der Waals surface area contributed by atoms with Crippen LogP contribution in [-0.2, 0) is 4.79 Å². The van der Waals surface area contributed by atoms with Gasteiger partial charge in [-0.3, -0.25) is 4.79 Å². The molecule has 0 aliphatic carbocycles. The summed E-state index contributed by atoms with van der Waals surface area (Å²) in [4.78, 5) is 17.9. The molecule has 1 amide bonds. The first-order chi connectivity index (χ1) is 16.0. The van der Waals surface area contributed by atoms with Crippen LogP contribution in [0, 0.1) is 0 Å². The third kappa shape index (κ3) is 4.96. The fourth-order valence-electron chi connectivity index (χ4n) is 3.89. The smallest absolute Gasteiger partial charge is 0.227 e. The first kappa shape index (κ1) is 21.3. The van der Waals surface area contributed by atoms with Gasteiger partial charge in [0, 0.05) is 49.5 Å². The molecule has 3 aromatic carbocycles. The van der Waals surface area contributed by atoms with E-state index in [1.165, 1.54) is 0 Å². The number of aromatic nitrogens is 1. The summed E-state index contributed by atoms with van der Waals surface area (Å²) in [6, 6.07) is 20.5. The Morgan fingerprint density at radius 3 is 2.33 bits per heavy atom. The van der Waals surface area contributed by atoms with Crippen LogP contribution in [0.3, 0.4) is 0 Å². The molecule has 0 radical (unpaired) electrons. The highest BCUT2D eigenvalue weighted by Gasteiger charge is 2.22. The van der Waals surface area contributed by atoms with Gasteiger partial charge in [-0.2, -0.15) is 0 Å². The number of amides is 1. The maximum absolute atomic E-state index is 11.5. The molecule has 0 bridgehead atoms. The van der Waals surface area contributed by atoms with Gasteiger partial charge in [-0.25, -0.2) is 4.98 Å². The van der Waals surface area contributed by atoms with Gasteiger partial charge in [-0.05, 0) is 60.7 Å². The van der Waals surface area contributed by atoms with Crippen LogP contribution >= 0.6 is 11.6 Å². The Kier molecular flexibility index (Phi) is 5.92. The molecular weight excluding hydrogens is 440 g/mol. The van der Waals surface area contributed by atoms with Gasteiger partial charge in [-0.15, -0.1) is 0 Å². The van der Waals surface area contributed by atoms with E-state index in [-0.39, 0.29) is 12.0 Å². The van der Waals surface area contributed by atoms with Gasteiger partial charge in [0.15, 0.2) is 5.58 Å². The lowest BCUT2D eigenvalue weighted by atomic mass is 10.1. The Bertz CT molecular complexity index is 1260. The van der Waals surface area contributed by atoms with E-state index in [1.807, 2.05) is 59.5 Å². The van der Waals surface area contributed by atoms with Crippen molar-refractivity contribution in [2.75, 3.05) is 13.1 Å². The first-order valence-electron chi connectivity index (χ1n) is 10.9. The highest BCUT2D eigenvalue weighted by atomic mass is 35.5. The van der Waals surface area contributed by atoms with Crippen LogP contribution in [-0.4, -0.2) is 35.0 Å². The van der Waals surface area contributed by atoms with Gasteiger partial charge in [-0.1, -0.05) is 11.6 Å². The van der Waals surface area contributed by atoms with E-state index in [4.69, 9.17) is 25.5 Å². The van der Waals surface area contributed by atoms with Gasteiger partial charge >= 0.3 is 0 Å². The zero-order valence-electron chi connectivity index (χ0n) is 18.2. The number of nitrogens with zero attached hydrogens (tertiary/aromatic N) is 2. The topological polar surface area (TPSA) is 64.8 Å². The fraction of sp³-hybridized carbons (Fsp3) is 0.231. The number of hydrogen-bond acceptors (Lipinski definition) is 5. The van der Waals surface area contributed by atoms with Gasteiger partial charge in [0.2, 0.25) is 11.8 Å². The van der Waals surface area contributed by atoms with Gasteiger partial charge in [0.05, 0.1) is 0 Å². The van der Waals surface area contributed by atoms with Crippen LogP contribution in [0.25, 0.3) is 22.6 Å². The molecule has 2 heterocycles. The van der Waals surface area contributed by atoms with E-state index in [1.54, 1.807) is 19.1 Å². The summed E-state index contributed by atoms with van der Waals surface area (Å²) in [6.45, 7) is 3.09. The molecule has 0 spiro atoms. The highest BCUT2D eigenvalue weighted by Crippen LogP contribution is 2.31. The van der Waals surface area contributed by atoms with Crippen LogP contribution in [0.5, 0.6) is 17.2 Å². The number of benzene rings is 3. The molecule has 5 rings (SSSR count). The number of rotatable bonds is 5. The number of hydrogen-bond donors (Lipinski definition) is 0. The molecule has 7 heteroatoms. The fourth-order valence-corrected chi connectivity index (χ4v) is 4.01. The van der Waals surface area contributed by atoms with Crippen LogP contribution in [0.15, 0.2) is 71.1 Å². The van der Waals surface area contributed by atoms with Crippen molar-refractivity contribution in [3.8, 4) is 28.7 Å². The summed E-state index contributed by atoms with van der Waals surface area (Å²) in [7, 11) is 0. The Labute approximate surface area is 196 Å². The summed E-state index contributed by atoms with van der Waals surface area (Å²) in [5.41, 5.74) is 2.27. The summed E-state index contributed by atoms with van der Waals surface area (Å²) in [6.07, 6.45) is 1.80. The Hall–Kier alpha value is -3.51. The van der Waals surface area contributed by atoms with E-state index in [0.29, 0.717) is 28.0 Å². The van der Waals surface area contributed by atoms with Gasteiger partial charge in [0.25, 0.3) is 0 Å². The zero-order chi connectivity index (χ0) is 22.8. The number of oxazole rings is 1. The van der Waals surface area contributed by atoms with E-state index < -0.39 is 0 Å². The highest BCUT2D eigenvalue weighted by molar-refractivity contribution is 6.30. The predicted octanol–water partition coefficient (Wildman–Crippen LogP) is 6.33. The molecule has 0 atom stereocenters. The third-order valence-electron chi connectivity index (χ3n) is 5.70. The number of carbonyl (C=O) groups excluding carboxylic acids is 1. The van der Waals surface area contributed by atoms with Crippen LogP contribution in [0.2, 0.25) is 5.02 Å². The zero-order valence-corrected chi connectivity index (χ0v) is 18.9. The number of fused-ring (bicyclic) bond motifs is 1. The van der Waals surface area contributed by atoms with Crippen LogP contribution in [0.4, 0.5) is 0 Å². The van der Waals surface area contributed by atoms with Crippen molar-refractivity contribution in [2.45, 2.75) is 25.9 Å². The maximum Gasteiger partial charge on any atom is 0.227 e. The summed E-state index contributed by atoms with van der Waals surface area (Å²) in [5, 5.41) is 0.660. The largest absolute Gasteiger partial charge is 0.490 e. The van der Waals surface area contributed by atoms with E-state index in [2.05, 4.69) is 4.98 Å². The molecule has 1 fully saturated rings. The molecule has 1 aliphatic rings. The predicted molar refractivity (Wildman–Crippen MR) is 127 cm³/mol. The first-order valence-corrected chi connectivity index (χ1v) is 11.3. The van der Waals surface area contributed by atoms with Crippen molar-refractivity contribution in [1.82, 2.24) is 9.88 Å². The third-order valence-corrected chi connectivity index (χ3v) is 5.95. The normalized spacial score (nSPS) is 14.4. The number of likely N-dealkylation sites (tertiary alicyclic amines) is 1. The monoisotopic (exact) mass is 462 g/mol. The molecule has 168 valence electrons.